The van der Waals surface area contributed by atoms with E-state index in [0.717, 1.165) is 22.4 Å². The Kier molecular flexibility index (Phi) is 4.40. The van der Waals surface area contributed by atoms with Crippen molar-refractivity contribution in [2.24, 2.45) is 0 Å². The summed E-state index contributed by atoms with van der Waals surface area (Å²) in [5, 5.41) is 3.36. The van der Waals surface area contributed by atoms with Gasteiger partial charge in [0.05, 0.1) is 13.2 Å². The van der Waals surface area contributed by atoms with Crippen molar-refractivity contribution in [1.29, 1.82) is 0 Å². The van der Waals surface area contributed by atoms with E-state index in [1.165, 1.54) is 11.1 Å². The molecule has 0 aliphatic heterocycles. The van der Waals surface area contributed by atoms with Crippen LogP contribution in [0.1, 0.15) is 33.9 Å². The lowest BCUT2D eigenvalue weighted by Crippen LogP contribution is -2.19. The summed E-state index contributed by atoms with van der Waals surface area (Å²) in [6, 6.07) is 6.51. The average Bonchev–Trinajstić information content (AvgIpc) is 2.44. The van der Waals surface area contributed by atoms with Gasteiger partial charge >= 0.3 is 0 Å². The fraction of sp³-hybridized carbons (Fsp3) is 0.353. The van der Waals surface area contributed by atoms with Gasteiger partial charge < -0.3 is 10.1 Å². The Balaban J connectivity index is 2.55. The van der Waals surface area contributed by atoms with Crippen LogP contribution in [0.15, 0.2) is 30.6 Å². The molecule has 0 saturated heterocycles. The number of rotatable bonds is 4. The third kappa shape index (κ3) is 2.68. The standard InChI is InChI=1S/C17H22N2O/c1-11-8-14(10-19-9-11)16(18-4)15-7-6-12(2)13(3)17(15)20-5/h6-10,16,18H,1-5H3. The first kappa shape index (κ1) is 14.5. The van der Waals surface area contributed by atoms with Crippen LogP contribution in [0.5, 0.6) is 5.75 Å². The molecule has 1 N–H and O–H groups in total. The Hall–Kier alpha value is -1.87. The number of pyridine rings is 1. The van der Waals surface area contributed by atoms with Gasteiger partial charge in [-0.05, 0) is 50.1 Å². The van der Waals surface area contributed by atoms with Crippen LogP contribution in [0, 0.1) is 20.8 Å². The molecule has 0 radical (unpaired) electrons. The van der Waals surface area contributed by atoms with Crippen molar-refractivity contribution >= 4 is 0 Å². The van der Waals surface area contributed by atoms with Crippen molar-refractivity contribution in [3.05, 3.63) is 58.4 Å². The van der Waals surface area contributed by atoms with Gasteiger partial charge in [0, 0.05) is 18.0 Å². The number of hydrogen-bond donors (Lipinski definition) is 1. The second-order valence-corrected chi connectivity index (χ2v) is 5.15. The van der Waals surface area contributed by atoms with Gasteiger partial charge in [0.2, 0.25) is 0 Å². The first-order valence-electron chi connectivity index (χ1n) is 6.81. The summed E-state index contributed by atoms with van der Waals surface area (Å²) >= 11 is 0. The largest absolute Gasteiger partial charge is 0.496 e. The molecule has 20 heavy (non-hydrogen) atoms. The van der Waals surface area contributed by atoms with Gasteiger partial charge in [-0.2, -0.15) is 0 Å². The zero-order valence-electron chi connectivity index (χ0n) is 12.8. The van der Waals surface area contributed by atoms with Crippen LogP contribution in [-0.4, -0.2) is 19.1 Å². The van der Waals surface area contributed by atoms with Crippen LogP contribution in [0.25, 0.3) is 0 Å². The van der Waals surface area contributed by atoms with Crippen molar-refractivity contribution in [3.8, 4) is 5.75 Å². The van der Waals surface area contributed by atoms with E-state index in [1.54, 1.807) is 7.11 Å². The van der Waals surface area contributed by atoms with E-state index in [9.17, 15) is 0 Å². The summed E-state index contributed by atoms with van der Waals surface area (Å²) in [6.07, 6.45) is 3.77. The first-order chi connectivity index (χ1) is 9.58. The van der Waals surface area contributed by atoms with E-state index in [0.29, 0.717) is 0 Å². The molecule has 0 bridgehead atoms. The van der Waals surface area contributed by atoms with Crippen LogP contribution in [0.3, 0.4) is 0 Å². The Morgan fingerprint density at radius 1 is 1.15 bits per heavy atom. The molecular weight excluding hydrogens is 248 g/mol. The molecule has 0 fully saturated rings. The van der Waals surface area contributed by atoms with Crippen molar-refractivity contribution < 1.29 is 4.74 Å². The van der Waals surface area contributed by atoms with Crippen molar-refractivity contribution in [2.75, 3.05) is 14.2 Å². The molecule has 1 unspecified atom stereocenters. The predicted molar refractivity (Wildman–Crippen MR) is 82.3 cm³/mol. The molecular formula is C17H22N2O. The highest BCUT2D eigenvalue weighted by Gasteiger charge is 2.19. The Morgan fingerprint density at radius 2 is 1.90 bits per heavy atom. The number of nitrogens with one attached hydrogen (secondary N) is 1. The van der Waals surface area contributed by atoms with E-state index in [4.69, 9.17) is 4.74 Å². The molecule has 0 amide bonds. The topological polar surface area (TPSA) is 34.2 Å². The van der Waals surface area contributed by atoms with Crippen molar-refractivity contribution in [3.63, 3.8) is 0 Å². The Labute approximate surface area is 121 Å². The summed E-state index contributed by atoms with van der Waals surface area (Å²) in [7, 11) is 3.69. The molecule has 3 heteroatoms. The Morgan fingerprint density at radius 3 is 2.50 bits per heavy atom. The normalized spacial score (nSPS) is 12.2. The molecule has 1 aromatic carbocycles. The molecule has 1 heterocycles. The lowest BCUT2D eigenvalue weighted by atomic mass is 9.94. The molecule has 0 saturated carbocycles. The maximum atomic E-state index is 5.63. The number of aryl methyl sites for hydroxylation is 2. The highest BCUT2D eigenvalue weighted by Crippen LogP contribution is 2.33. The average molecular weight is 270 g/mol. The molecule has 3 nitrogen and oxygen atoms in total. The summed E-state index contributed by atoms with van der Waals surface area (Å²) in [5.74, 6) is 0.950. The minimum absolute atomic E-state index is 0.0802. The fourth-order valence-electron chi connectivity index (χ4n) is 2.55. The lowest BCUT2D eigenvalue weighted by molar-refractivity contribution is 0.402. The van der Waals surface area contributed by atoms with Gasteiger partial charge in [-0.1, -0.05) is 18.2 Å². The zero-order valence-corrected chi connectivity index (χ0v) is 12.8. The van der Waals surface area contributed by atoms with E-state index >= 15 is 0 Å². The smallest absolute Gasteiger partial charge is 0.127 e. The Bertz CT molecular complexity index is 608. The summed E-state index contributed by atoms with van der Waals surface area (Å²) < 4.78 is 5.63. The number of aromatic nitrogens is 1. The highest BCUT2D eigenvalue weighted by molar-refractivity contribution is 5.49. The second-order valence-electron chi connectivity index (χ2n) is 5.15. The SMILES string of the molecule is CNC(c1cncc(C)c1)c1ccc(C)c(C)c1OC. The van der Waals surface area contributed by atoms with Crippen LogP contribution in [0.4, 0.5) is 0 Å². The third-order valence-electron chi connectivity index (χ3n) is 3.74. The van der Waals surface area contributed by atoms with Crippen LogP contribution >= 0.6 is 0 Å². The molecule has 1 aromatic heterocycles. The first-order valence-corrected chi connectivity index (χ1v) is 6.81. The minimum atomic E-state index is 0.0802. The fourth-order valence-corrected chi connectivity index (χ4v) is 2.55. The summed E-state index contributed by atoms with van der Waals surface area (Å²) in [4.78, 5) is 4.29. The molecule has 1 atom stereocenters. The van der Waals surface area contributed by atoms with E-state index in [2.05, 4.69) is 49.3 Å². The molecule has 2 aromatic rings. The number of nitrogens with zero attached hydrogens (tertiary/aromatic N) is 1. The van der Waals surface area contributed by atoms with Crippen LogP contribution < -0.4 is 10.1 Å². The number of methoxy groups -OCH3 is 1. The van der Waals surface area contributed by atoms with Crippen molar-refractivity contribution in [2.45, 2.75) is 26.8 Å². The zero-order chi connectivity index (χ0) is 14.7. The lowest BCUT2D eigenvalue weighted by Gasteiger charge is -2.22. The maximum absolute atomic E-state index is 5.63. The summed E-state index contributed by atoms with van der Waals surface area (Å²) in [6.45, 7) is 6.25. The monoisotopic (exact) mass is 270 g/mol. The van der Waals surface area contributed by atoms with Gasteiger partial charge in [-0.15, -0.1) is 0 Å². The predicted octanol–water partition coefficient (Wildman–Crippen LogP) is 3.32. The molecule has 0 aliphatic rings. The van der Waals surface area contributed by atoms with Gasteiger partial charge in [0.15, 0.2) is 0 Å². The highest BCUT2D eigenvalue weighted by atomic mass is 16.5. The van der Waals surface area contributed by atoms with Gasteiger partial charge in [0.25, 0.3) is 0 Å². The van der Waals surface area contributed by atoms with E-state index < -0.39 is 0 Å². The van der Waals surface area contributed by atoms with Crippen molar-refractivity contribution in [1.82, 2.24) is 10.3 Å². The number of benzene rings is 1. The third-order valence-corrected chi connectivity index (χ3v) is 3.74. The van der Waals surface area contributed by atoms with Crippen LogP contribution in [-0.2, 0) is 0 Å². The number of hydrogen-bond acceptors (Lipinski definition) is 3. The van der Waals surface area contributed by atoms with Crippen LogP contribution in [0.2, 0.25) is 0 Å². The van der Waals surface area contributed by atoms with Gasteiger partial charge in [-0.3, -0.25) is 4.98 Å². The van der Waals surface area contributed by atoms with Gasteiger partial charge in [0.1, 0.15) is 5.75 Å². The van der Waals surface area contributed by atoms with E-state index in [-0.39, 0.29) is 6.04 Å². The second kappa shape index (κ2) is 6.06. The quantitative estimate of drug-likeness (QED) is 0.925. The molecule has 2 rings (SSSR count). The maximum Gasteiger partial charge on any atom is 0.127 e. The minimum Gasteiger partial charge on any atom is -0.496 e. The van der Waals surface area contributed by atoms with Gasteiger partial charge in [-0.25, -0.2) is 0 Å². The summed E-state index contributed by atoms with van der Waals surface area (Å²) in [5.41, 5.74) is 5.87. The molecule has 106 valence electrons. The number of ether oxygens (including phenoxy) is 1. The van der Waals surface area contributed by atoms with E-state index in [1.807, 2.05) is 19.4 Å². The molecule has 0 spiro atoms. The molecule has 0 aliphatic carbocycles.